The first-order chi connectivity index (χ1) is 9.59. The molecule has 1 fully saturated rings. The van der Waals surface area contributed by atoms with Crippen LogP contribution in [0.15, 0.2) is 18.2 Å². The summed E-state index contributed by atoms with van der Waals surface area (Å²) in [6, 6.07) is 5.24. The van der Waals surface area contributed by atoms with E-state index < -0.39 is 5.54 Å². The van der Waals surface area contributed by atoms with Crippen LogP contribution in [0.2, 0.25) is 0 Å². The predicted molar refractivity (Wildman–Crippen MR) is 77.5 cm³/mol. The van der Waals surface area contributed by atoms with E-state index in [9.17, 15) is 9.90 Å². The minimum atomic E-state index is -0.752. The van der Waals surface area contributed by atoms with Crippen molar-refractivity contribution in [2.45, 2.75) is 44.8 Å². The quantitative estimate of drug-likeness (QED) is 0.766. The normalized spacial score (nSPS) is 16.9. The van der Waals surface area contributed by atoms with E-state index in [0.29, 0.717) is 23.6 Å². The van der Waals surface area contributed by atoms with Gasteiger partial charge >= 0.3 is 0 Å². The van der Waals surface area contributed by atoms with Crippen LogP contribution in [0.5, 0.6) is 5.75 Å². The number of rotatable bonds is 5. The molecule has 1 aromatic carbocycles. The molecular weight excluding hydrogens is 256 g/mol. The second-order valence-corrected chi connectivity index (χ2v) is 5.23. The number of nitrogens with one attached hydrogen (secondary N) is 1. The molecule has 1 aromatic rings. The van der Waals surface area contributed by atoms with Gasteiger partial charge in [-0.1, -0.05) is 12.8 Å². The Morgan fingerprint density at radius 1 is 1.45 bits per heavy atom. The molecular formula is C15H22N2O3. The number of carbonyl (C=O) groups excluding carboxylic acids is 1. The lowest BCUT2D eigenvalue weighted by atomic mass is 9.98. The van der Waals surface area contributed by atoms with Crippen molar-refractivity contribution in [3.8, 4) is 5.75 Å². The molecule has 1 aliphatic carbocycles. The molecule has 4 N–H and O–H groups in total. The van der Waals surface area contributed by atoms with Gasteiger partial charge in [0.15, 0.2) is 0 Å². The Morgan fingerprint density at radius 2 is 2.15 bits per heavy atom. The number of amides is 1. The molecule has 1 saturated carbocycles. The summed E-state index contributed by atoms with van der Waals surface area (Å²) in [6.07, 6.45) is 3.44. The zero-order valence-corrected chi connectivity index (χ0v) is 11.8. The van der Waals surface area contributed by atoms with Gasteiger partial charge < -0.3 is 20.9 Å². The summed E-state index contributed by atoms with van der Waals surface area (Å²) < 4.78 is 5.41. The Balaban J connectivity index is 2.11. The van der Waals surface area contributed by atoms with Gasteiger partial charge in [0.05, 0.1) is 18.8 Å². The van der Waals surface area contributed by atoms with E-state index in [0.717, 1.165) is 25.7 Å². The van der Waals surface area contributed by atoms with Crippen molar-refractivity contribution in [1.29, 1.82) is 0 Å². The summed E-state index contributed by atoms with van der Waals surface area (Å²) in [6.45, 7) is 2.28. The minimum absolute atomic E-state index is 0.132. The van der Waals surface area contributed by atoms with Gasteiger partial charge in [0.25, 0.3) is 0 Å². The molecule has 0 spiro atoms. The Hall–Kier alpha value is -1.59. The molecule has 0 aromatic heterocycles. The molecule has 20 heavy (non-hydrogen) atoms. The average molecular weight is 278 g/mol. The maximum Gasteiger partial charge on any atom is 0.244 e. The number of anilines is 1. The van der Waals surface area contributed by atoms with Crippen LogP contribution < -0.4 is 15.8 Å². The third-order valence-electron chi connectivity index (χ3n) is 3.74. The number of carbonyl (C=O) groups is 1. The van der Waals surface area contributed by atoms with Gasteiger partial charge in [-0.25, -0.2) is 0 Å². The van der Waals surface area contributed by atoms with Crippen LogP contribution in [0.25, 0.3) is 0 Å². The number of aliphatic hydroxyl groups excluding tert-OH is 1. The lowest BCUT2D eigenvalue weighted by Gasteiger charge is -2.22. The number of nitrogens with two attached hydrogens (primary N) is 1. The van der Waals surface area contributed by atoms with Crippen molar-refractivity contribution < 1.29 is 14.6 Å². The third kappa shape index (κ3) is 3.11. The van der Waals surface area contributed by atoms with Crippen molar-refractivity contribution in [3.63, 3.8) is 0 Å². The van der Waals surface area contributed by atoms with Crippen molar-refractivity contribution in [1.82, 2.24) is 0 Å². The largest absolute Gasteiger partial charge is 0.494 e. The average Bonchev–Trinajstić information content (AvgIpc) is 2.89. The van der Waals surface area contributed by atoms with Crippen molar-refractivity contribution in [3.05, 3.63) is 23.8 Å². The molecule has 1 amide bonds. The Morgan fingerprint density at radius 3 is 2.75 bits per heavy atom. The molecule has 0 saturated heterocycles. The highest BCUT2D eigenvalue weighted by molar-refractivity contribution is 5.98. The number of hydrogen-bond donors (Lipinski definition) is 3. The van der Waals surface area contributed by atoms with Crippen LogP contribution in [0.1, 0.15) is 38.2 Å². The number of benzene rings is 1. The van der Waals surface area contributed by atoms with Gasteiger partial charge in [-0.2, -0.15) is 0 Å². The molecule has 1 aliphatic rings. The fraction of sp³-hybridized carbons (Fsp3) is 0.533. The second kappa shape index (κ2) is 6.24. The lowest BCUT2D eigenvalue weighted by Crippen LogP contribution is -2.48. The van der Waals surface area contributed by atoms with Crippen LogP contribution in [-0.2, 0) is 11.4 Å². The zero-order chi connectivity index (χ0) is 14.6. The third-order valence-corrected chi connectivity index (χ3v) is 3.74. The Bertz CT molecular complexity index is 482. The highest BCUT2D eigenvalue weighted by Gasteiger charge is 2.36. The van der Waals surface area contributed by atoms with Crippen LogP contribution in [0.3, 0.4) is 0 Å². The van der Waals surface area contributed by atoms with Crippen molar-refractivity contribution in [2.75, 3.05) is 11.9 Å². The van der Waals surface area contributed by atoms with E-state index in [-0.39, 0.29) is 12.5 Å². The molecule has 5 heteroatoms. The van der Waals surface area contributed by atoms with Crippen LogP contribution in [-0.4, -0.2) is 23.2 Å². The summed E-state index contributed by atoms with van der Waals surface area (Å²) >= 11 is 0. The summed E-state index contributed by atoms with van der Waals surface area (Å²) in [5.41, 5.74) is 6.65. The molecule has 0 unspecified atom stereocenters. The molecule has 110 valence electrons. The Kier molecular flexibility index (Phi) is 4.62. The summed E-state index contributed by atoms with van der Waals surface area (Å²) in [5, 5.41) is 12.2. The van der Waals surface area contributed by atoms with E-state index in [2.05, 4.69) is 5.32 Å². The molecule has 0 aliphatic heterocycles. The topological polar surface area (TPSA) is 84.6 Å². The monoisotopic (exact) mass is 278 g/mol. The van der Waals surface area contributed by atoms with Crippen LogP contribution in [0, 0.1) is 0 Å². The van der Waals surface area contributed by atoms with E-state index in [4.69, 9.17) is 10.5 Å². The van der Waals surface area contributed by atoms with Gasteiger partial charge in [0.2, 0.25) is 5.91 Å². The maximum absolute atomic E-state index is 12.2. The minimum Gasteiger partial charge on any atom is -0.494 e. The molecule has 5 nitrogen and oxygen atoms in total. The van der Waals surface area contributed by atoms with Crippen LogP contribution >= 0.6 is 0 Å². The van der Waals surface area contributed by atoms with Gasteiger partial charge in [-0.15, -0.1) is 0 Å². The number of aliphatic hydroxyl groups is 1. The van der Waals surface area contributed by atoms with Crippen LogP contribution in [0.4, 0.5) is 5.69 Å². The molecule has 2 rings (SSSR count). The van der Waals surface area contributed by atoms with Crippen molar-refractivity contribution in [2.24, 2.45) is 5.73 Å². The first-order valence-corrected chi connectivity index (χ1v) is 7.06. The number of hydrogen-bond acceptors (Lipinski definition) is 4. The summed E-state index contributed by atoms with van der Waals surface area (Å²) in [4.78, 5) is 12.2. The summed E-state index contributed by atoms with van der Waals surface area (Å²) in [5.74, 6) is 0.486. The predicted octanol–water partition coefficient (Wildman–Crippen LogP) is 1.79. The van der Waals surface area contributed by atoms with E-state index in [1.54, 1.807) is 18.2 Å². The SMILES string of the molecule is CCOc1ccc(NC(=O)C2(N)CCCC2)cc1CO. The molecule has 0 heterocycles. The fourth-order valence-corrected chi connectivity index (χ4v) is 2.57. The highest BCUT2D eigenvalue weighted by atomic mass is 16.5. The first-order valence-electron chi connectivity index (χ1n) is 7.06. The van der Waals surface area contributed by atoms with Gasteiger partial charge in [0.1, 0.15) is 5.75 Å². The van der Waals surface area contributed by atoms with E-state index in [1.165, 1.54) is 0 Å². The van der Waals surface area contributed by atoms with E-state index in [1.807, 2.05) is 6.92 Å². The highest BCUT2D eigenvalue weighted by Crippen LogP contribution is 2.29. The lowest BCUT2D eigenvalue weighted by molar-refractivity contribution is -0.121. The van der Waals surface area contributed by atoms with Gasteiger partial charge in [-0.3, -0.25) is 4.79 Å². The van der Waals surface area contributed by atoms with Crippen molar-refractivity contribution >= 4 is 11.6 Å². The zero-order valence-electron chi connectivity index (χ0n) is 11.8. The standard InChI is InChI=1S/C15H22N2O3/c1-2-20-13-6-5-12(9-11(13)10-18)17-14(19)15(16)7-3-4-8-15/h5-6,9,18H,2-4,7-8,10,16H2,1H3,(H,17,19). The Labute approximate surface area is 119 Å². The molecule has 0 bridgehead atoms. The molecule has 0 atom stereocenters. The fourth-order valence-electron chi connectivity index (χ4n) is 2.57. The summed E-state index contributed by atoms with van der Waals surface area (Å²) in [7, 11) is 0. The maximum atomic E-state index is 12.2. The number of ether oxygens (including phenoxy) is 1. The van der Waals surface area contributed by atoms with Gasteiger partial charge in [0, 0.05) is 11.3 Å². The van der Waals surface area contributed by atoms with E-state index >= 15 is 0 Å². The van der Waals surface area contributed by atoms with Gasteiger partial charge in [-0.05, 0) is 38.0 Å². The molecule has 0 radical (unpaired) electrons. The first kappa shape index (κ1) is 14.8. The smallest absolute Gasteiger partial charge is 0.244 e. The second-order valence-electron chi connectivity index (χ2n) is 5.23.